The van der Waals surface area contributed by atoms with Crippen molar-refractivity contribution in [1.29, 1.82) is 0 Å². The van der Waals surface area contributed by atoms with Gasteiger partial charge >= 0.3 is 0 Å². The molecule has 1 aromatic heterocycles. The third-order valence-electron chi connectivity index (χ3n) is 5.19. The van der Waals surface area contributed by atoms with Gasteiger partial charge in [-0.2, -0.15) is 0 Å². The van der Waals surface area contributed by atoms with Gasteiger partial charge in [0.15, 0.2) is 0 Å². The van der Waals surface area contributed by atoms with Crippen molar-refractivity contribution in [2.45, 2.75) is 44.8 Å². The first-order valence-corrected chi connectivity index (χ1v) is 10.7. The van der Waals surface area contributed by atoms with Crippen LogP contribution in [0.3, 0.4) is 0 Å². The summed E-state index contributed by atoms with van der Waals surface area (Å²) in [6, 6.07) is 10.5. The molecule has 1 aliphatic heterocycles. The maximum absolute atomic E-state index is 12.3. The fourth-order valence-electron chi connectivity index (χ4n) is 3.83. The molecule has 1 fully saturated rings. The molecule has 27 heavy (non-hydrogen) atoms. The van der Waals surface area contributed by atoms with E-state index in [1.165, 1.54) is 29.0 Å². The molecule has 1 amide bonds. The molecule has 1 aliphatic carbocycles. The molecule has 0 spiro atoms. The van der Waals surface area contributed by atoms with Gasteiger partial charge in [0.2, 0.25) is 5.91 Å². The van der Waals surface area contributed by atoms with Gasteiger partial charge in [0, 0.05) is 37.5 Å². The molecule has 1 aromatic carbocycles. The lowest BCUT2D eigenvalue weighted by Crippen LogP contribution is -2.44. The summed E-state index contributed by atoms with van der Waals surface area (Å²) < 4.78 is 5.81. The lowest BCUT2D eigenvalue weighted by molar-refractivity contribution is -0.126. The van der Waals surface area contributed by atoms with E-state index in [0.29, 0.717) is 19.6 Å². The monoisotopic (exact) mass is 385 g/mol. The van der Waals surface area contributed by atoms with Crippen LogP contribution in [-0.2, 0) is 35.3 Å². The topological polar surface area (TPSA) is 54.5 Å². The third-order valence-corrected chi connectivity index (χ3v) is 6.40. The number of ether oxygens (including phenoxy) is 1. The number of nitrogens with one attached hydrogen (secondary N) is 1. The van der Waals surface area contributed by atoms with E-state index in [2.05, 4.69) is 39.5 Å². The van der Waals surface area contributed by atoms with Crippen molar-refractivity contribution >= 4 is 17.2 Å². The van der Waals surface area contributed by atoms with Crippen LogP contribution in [0.25, 0.3) is 0 Å². The molecule has 5 nitrogen and oxygen atoms in total. The number of rotatable bonds is 7. The fraction of sp³-hybridized carbons (Fsp3) is 0.524. The Morgan fingerprint density at radius 3 is 3.04 bits per heavy atom. The summed E-state index contributed by atoms with van der Waals surface area (Å²) in [6.45, 7) is 3.99. The molecule has 144 valence electrons. The number of fused-ring (bicyclic) bond motifs is 1. The number of benzene rings is 1. The highest BCUT2D eigenvalue weighted by atomic mass is 32.1. The standard InChI is InChI=1S/C21H27N3O2S/c25-20(22-10-9-21-23-18-7-4-8-19(18)27-21)13-17-15-24(11-12-26-17)14-16-5-2-1-3-6-16/h1-3,5-6,17H,4,7-15H2,(H,22,25). The maximum atomic E-state index is 12.3. The van der Waals surface area contributed by atoms with Gasteiger partial charge in [0.1, 0.15) is 0 Å². The molecule has 0 saturated carbocycles. The minimum Gasteiger partial charge on any atom is -0.375 e. The highest BCUT2D eigenvalue weighted by molar-refractivity contribution is 7.11. The Morgan fingerprint density at radius 2 is 2.19 bits per heavy atom. The zero-order chi connectivity index (χ0) is 18.5. The van der Waals surface area contributed by atoms with E-state index in [4.69, 9.17) is 4.74 Å². The Morgan fingerprint density at radius 1 is 1.30 bits per heavy atom. The number of carbonyl (C=O) groups is 1. The van der Waals surface area contributed by atoms with E-state index in [1.54, 1.807) is 0 Å². The highest BCUT2D eigenvalue weighted by Gasteiger charge is 2.23. The molecule has 4 rings (SSSR count). The van der Waals surface area contributed by atoms with E-state index in [9.17, 15) is 4.79 Å². The molecule has 1 unspecified atom stereocenters. The Labute approximate surface area is 164 Å². The van der Waals surface area contributed by atoms with Gasteiger partial charge in [-0.3, -0.25) is 9.69 Å². The Kier molecular flexibility index (Phi) is 6.17. The van der Waals surface area contributed by atoms with Crippen LogP contribution in [0.15, 0.2) is 30.3 Å². The fourth-order valence-corrected chi connectivity index (χ4v) is 4.98. The molecular weight excluding hydrogens is 358 g/mol. The van der Waals surface area contributed by atoms with Crippen molar-refractivity contribution < 1.29 is 9.53 Å². The lowest BCUT2D eigenvalue weighted by Gasteiger charge is -2.32. The molecule has 2 aliphatic rings. The number of hydrogen-bond acceptors (Lipinski definition) is 5. The van der Waals surface area contributed by atoms with Crippen LogP contribution in [0, 0.1) is 0 Å². The second-order valence-electron chi connectivity index (χ2n) is 7.35. The molecule has 2 heterocycles. The zero-order valence-electron chi connectivity index (χ0n) is 15.7. The summed E-state index contributed by atoms with van der Waals surface area (Å²) in [4.78, 5) is 20.8. The quantitative estimate of drug-likeness (QED) is 0.796. The van der Waals surface area contributed by atoms with Crippen LogP contribution in [0.1, 0.15) is 34.0 Å². The van der Waals surface area contributed by atoms with Gasteiger partial charge in [-0.05, 0) is 24.8 Å². The molecule has 0 bridgehead atoms. The second kappa shape index (κ2) is 8.95. The van der Waals surface area contributed by atoms with Gasteiger partial charge < -0.3 is 10.1 Å². The molecule has 1 saturated heterocycles. The van der Waals surface area contributed by atoms with E-state index in [0.717, 1.165) is 37.5 Å². The maximum Gasteiger partial charge on any atom is 0.222 e. The minimum absolute atomic E-state index is 0.0221. The van der Waals surface area contributed by atoms with E-state index in [-0.39, 0.29) is 12.0 Å². The first kappa shape index (κ1) is 18.6. The van der Waals surface area contributed by atoms with Crippen LogP contribution >= 0.6 is 11.3 Å². The first-order chi connectivity index (χ1) is 13.3. The third kappa shape index (κ3) is 5.15. The van der Waals surface area contributed by atoms with E-state index < -0.39 is 0 Å². The van der Waals surface area contributed by atoms with Crippen LogP contribution in [-0.4, -0.2) is 48.1 Å². The molecular formula is C21H27N3O2S. The Balaban J connectivity index is 1.18. The average molecular weight is 386 g/mol. The zero-order valence-corrected chi connectivity index (χ0v) is 16.5. The van der Waals surface area contributed by atoms with Crippen LogP contribution in [0.4, 0.5) is 0 Å². The van der Waals surface area contributed by atoms with Gasteiger partial charge in [0.05, 0.1) is 29.8 Å². The van der Waals surface area contributed by atoms with Crippen LogP contribution < -0.4 is 5.32 Å². The van der Waals surface area contributed by atoms with Crippen LogP contribution in [0.2, 0.25) is 0 Å². The average Bonchev–Trinajstić information content (AvgIpc) is 3.24. The van der Waals surface area contributed by atoms with Crippen molar-refractivity contribution in [3.05, 3.63) is 51.5 Å². The molecule has 1 atom stereocenters. The number of carbonyl (C=O) groups excluding carboxylic acids is 1. The summed E-state index contributed by atoms with van der Waals surface area (Å²) >= 11 is 1.82. The SMILES string of the molecule is O=C(CC1CN(Cc2ccccc2)CCO1)NCCc1nc2c(s1)CCC2. The largest absolute Gasteiger partial charge is 0.375 e. The van der Waals surface area contributed by atoms with Crippen molar-refractivity contribution in [2.24, 2.45) is 0 Å². The summed E-state index contributed by atoms with van der Waals surface area (Å²) in [7, 11) is 0. The number of thiazole rings is 1. The number of nitrogens with zero attached hydrogens (tertiary/aromatic N) is 2. The lowest BCUT2D eigenvalue weighted by atomic mass is 10.1. The van der Waals surface area contributed by atoms with Gasteiger partial charge in [-0.1, -0.05) is 30.3 Å². The smallest absolute Gasteiger partial charge is 0.222 e. The number of hydrogen-bond donors (Lipinski definition) is 1. The van der Waals surface area contributed by atoms with Gasteiger partial charge in [0.25, 0.3) is 0 Å². The van der Waals surface area contributed by atoms with Crippen molar-refractivity contribution in [3.8, 4) is 0 Å². The molecule has 0 radical (unpaired) electrons. The summed E-state index contributed by atoms with van der Waals surface area (Å²) in [5.41, 5.74) is 2.59. The van der Waals surface area contributed by atoms with E-state index in [1.807, 2.05) is 17.4 Å². The van der Waals surface area contributed by atoms with Gasteiger partial charge in [-0.25, -0.2) is 4.98 Å². The highest BCUT2D eigenvalue weighted by Crippen LogP contribution is 2.27. The summed E-state index contributed by atoms with van der Waals surface area (Å²) in [5.74, 6) is 0.0747. The van der Waals surface area contributed by atoms with Gasteiger partial charge in [-0.15, -0.1) is 11.3 Å². The van der Waals surface area contributed by atoms with Crippen molar-refractivity contribution in [3.63, 3.8) is 0 Å². The van der Waals surface area contributed by atoms with Crippen LogP contribution in [0.5, 0.6) is 0 Å². The molecule has 2 aromatic rings. The second-order valence-corrected chi connectivity index (χ2v) is 8.52. The van der Waals surface area contributed by atoms with Crippen molar-refractivity contribution in [2.75, 3.05) is 26.2 Å². The Hall–Kier alpha value is -1.76. The van der Waals surface area contributed by atoms with Crippen molar-refractivity contribution in [1.82, 2.24) is 15.2 Å². The summed E-state index contributed by atoms with van der Waals surface area (Å²) in [6.07, 6.45) is 4.78. The normalized spacial score (nSPS) is 19.8. The predicted molar refractivity (Wildman–Crippen MR) is 107 cm³/mol. The predicted octanol–water partition coefficient (Wildman–Crippen LogP) is 2.58. The first-order valence-electron chi connectivity index (χ1n) is 9.88. The number of morpholine rings is 1. The molecule has 1 N–H and O–H groups in total. The number of aromatic nitrogens is 1. The Bertz CT molecular complexity index is 741. The molecule has 6 heteroatoms. The number of amides is 1. The van der Waals surface area contributed by atoms with E-state index >= 15 is 0 Å². The minimum atomic E-state index is -0.0221. The number of aryl methyl sites for hydroxylation is 2. The summed E-state index contributed by atoms with van der Waals surface area (Å²) in [5, 5.41) is 4.19.